The molecule has 0 spiro atoms. The van der Waals surface area contributed by atoms with Crippen LogP contribution < -0.4 is 14.2 Å². The normalized spacial score (nSPS) is 10.7. The zero-order chi connectivity index (χ0) is 18.9. The summed E-state index contributed by atoms with van der Waals surface area (Å²) in [4.78, 5) is 10.6. The van der Waals surface area contributed by atoms with Crippen LogP contribution in [0.1, 0.15) is 23.6 Å². The van der Waals surface area contributed by atoms with Gasteiger partial charge in [0.2, 0.25) is 0 Å². The Kier molecular flexibility index (Phi) is 7.09. The van der Waals surface area contributed by atoms with Crippen molar-refractivity contribution < 1.29 is 24.1 Å². The Morgan fingerprint density at radius 1 is 0.962 bits per heavy atom. The Hall–Kier alpha value is -2.95. The number of carboxylic acid groups (broad SMARTS) is 1. The van der Waals surface area contributed by atoms with Crippen LogP contribution in [0.2, 0.25) is 0 Å². The topological polar surface area (TPSA) is 65.0 Å². The molecule has 0 radical (unpaired) electrons. The van der Waals surface area contributed by atoms with Crippen molar-refractivity contribution in [3.8, 4) is 17.2 Å². The molecule has 0 saturated carbocycles. The van der Waals surface area contributed by atoms with Crippen molar-refractivity contribution in [1.29, 1.82) is 0 Å². The number of aryl methyl sites for hydroxylation is 2. The zero-order valence-corrected chi connectivity index (χ0v) is 15.3. The highest BCUT2D eigenvalue weighted by Crippen LogP contribution is 2.29. The van der Waals surface area contributed by atoms with Crippen LogP contribution in [0.15, 0.2) is 42.5 Å². The second-order valence-corrected chi connectivity index (χ2v) is 5.78. The second kappa shape index (κ2) is 9.51. The fourth-order valence-corrected chi connectivity index (χ4v) is 2.35. The average molecular weight is 356 g/mol. The summed E-state index contributed by atoms with van der Waals surface area (Å²) in [6, 6.07) is 11.4. The van der Waals surface area contributed by atoms with Gasteiger partial charge in [-0.05, 0) is 61.7 Å². The third-order valence-corrected chi connectivity index (χ3v) is 3.63. The molecule has 2 aromatic rings. The molecule has 5 nitrogen and oxygen atoms in total. The Morgan fingerprint density at radius 3 is 2.38 bits per heavy atom. The number of carboxylic acids is 1. The van der Waals surface area contributed by atoms with Crippen LogP contribution >= 0.6 is 0 Å². The van der Waals surface area contributed by atoms with Gasteiger partial charge in [0.1, 0.15) is 19.0 Å². The van der Waals surface area contributed by atoms with Gasteiger partial charge in [0, 0.05) is 6.08 Å². The van der Waals surface area contributed by atoms with Crippen molar-refractivity contribution in [3.63, 3.8) is 0 Å². The highest BCUT2D eigenvalue weighted by molar-refractivity contribution is 5.85. The molecule has 26 heavy (non-hydrogen) atoms. The van der Waals surface area contributed by atoms with Gasteiger partial charge in [-0.2, -0.15) is 0 Å². The van der Waals surface area contributed by atoms with Crippen molar-refractivity contribution in [3.05, 3.63) is 59.2 Å². The first-order valence-corrected chi connectivity index (χ1v) is 8.50. The van der Waals surface area contributed by atoms with Gasteiger partial charge in [-0.1, -0.05) is 18.2 Å². The number of aliphatic carboxylic acids is 1. The largest absolute Gasteiger partial charge is 0.490 e. The van der Waals surface area contributed by atoms with E-state index in [1.54, 1.807) is 18.2 Å². The van der Waals surface area contributed by atoms with Gasteiger partial charge >= 0.3 is 5.97 Å². The van der Waals surface area contributed by atoms with Crippen molar-refractivity contribution in [2.75, 3.05) is 19.8 Å². The highest BCUT2D eigenvalue weighted by atomic mass is 16.5. The molecule has 0 amide bonds. The van der Waals surface area contributed by atoms with E-state index in [1.165, 1.54) is 6.08 Å². The van der Waals surface area contributed by atoms with Crippen LogP contribution in [0, 0.1) is 13.8 Å². The monoisotopic (exact) mass is 356 g/mol. The molecule has 0 aliphatic rings. The number of rotatable bonds is 9. The molecule has 138 valence electrons. The maximum absolute atomic E-state index is 10.6. The summed E-state index contributed by atoms with van der Waals surface area (Å²) < 4.78 is 17.1. The molecule has 0 aliphatic heterocycles. The minimum Gasteiger partial charge on any atom is -0.490 e. The lowest BCUT2D eigenvalue weighted by Gasteiger charge is -2.14. The molecule has 1 N–H and O–H groups in total. The number of hydrogen-bond donors (Lipinski definition) is 1. The fraction of sp³-hybridized carbons (Fsp3) is 0.286. The molecule has 0 aromatic heterocycles. The quantitative estimate of drug-likeness (QED) is 0.537. The van der Waals surface area contributed by atoms with Crippen LogP contribution in [0.5, 0.6) is 17.2 Å². The van der Waals surface area contributed by atoms with Crippen molar-refractivity contribution >= 4 is 12.0 Å². The smallest absolute Gasteiger partial charge is 0.328 e. The molecule has 0 saturated heterocycles. The van der Waals surface area contributed by atoms with E-state index in [4.69, 9.17) is 19.3 Å². The van der Waals surface area contributed by atoms with Gasteiger partial charge in [-0.3, -0.25) is 0 Å². The molecule has 0 heterocycles. The van der Waals surface area contributed by atoms with E-state index in [0.29, 0.717) is 31.3 Å². The molecule has 0 atom stereocenters. The second-order valence-electron chi connectivity index (χ2n) is 5.78. The summed E-state index contributed by atoms with van der Waals surface area (Å²) in [5.41, 5.74) is 2.96. The zero-order valence-electron chi connectivity index (χ0n) is 15.3. The summed E-state index contributed by atoms with van der Waals surface area (Å²) >= 11 is 0. The molecule has 0 unspecified atom stereocenters. The molecule has 5 heteroatoms. The Morgan fingerprint density at radius 2 is 1.69 bits per heavy atom. The summed E-state index contributed by atoms with van der Waals surface area (Å²) in [7, 11) is 0. The van der Waals surface area contributed by atoms with E-state index in [-0.39, 0.29) is 0 Å². The van der Waals surface area contributed by atoms with Crippen LogP contribution in [0.4, 0.5) is 0 Å². The number of ether oxygens (including phenoxy) is 3. The summed E-state index contributed by atoms with van der Waals surface area (Å²) in [6.07, 6.45) is 2.60. The fourth-order valence-electron chi connectivity index (χ4n) is 2.35. The van der Waals surface area contributed by atoms with Gasteiger partial charge in [0.25, 0.3) is 0 Å². The van der Waals surface area contributed by atoms with Crippen LogP contribution in [0.25, 0.3) is 6.08 Å². The van der Waals surface area contributed by atoms with E-state index in [2.05, 4.69) is 0 Å². The summed E-state index contributed by atoms with van der Waals surface area (Å²) in [6.45, 7) is 7.19. The van der Waals surface area contributed by atoms with Gasteiger partial charge in [-0.15, -0.1) is 0 Å². The first-order valence-electron chi connectivity index (χ1n) is 8.50. The third-order valence-electron chi connectivity index (χ3n) is 3.63. The predicted molar refractivity (Wildman–Crippen MR) is 101 cm³/mol. The lowest BCUT2D eigenvalue weighted by atomic mass is 10.1. The Balaban J connectivity index is 1.97. The van der Waals surface area contributed by atoms with Crippen molar-refractivity contribution in [2.45, 2.75) is 20.8 Å². The molecular weight excluding hydrogens is 332 g/mol. The molecule has 0 bridgehead atoms. The predicted octanol–water partition coefficient (Wildman–Crippen LogP) is 4.26. The third kappa shape index (κ3) is 5.84. The maximum Gasteiger partial charge on any atom is 0.328 e. The molecule has 0 fully saturated rings. The van der Waals surface area contributed by atoms with Crippen LogP contribution in [-0.4, -0.2) is 30.9 Å². The van der Waals surface area contributed by atoms with E-state index in [0.717, 1.165) is 28.5 Å². The van der Waals surface area contributed by atoms with Gasteiger partial charge in [0.05, 0.1) is 6.61 Å². The summed E-state index contributed by atoms with van der Waals surface area (Å²) in [5.74, 6) is 1.04. The van der Waals surface area contributed by atoms with E-state index >= 15 is 0 Å². The molecule has 2 aromatic carbocycles. The minimum absolute atomic E-state index is 0.373. The SMILES string of the molecule is CCOc1cc(C=CC(=O)O)ccc1OCCOc1cc(C)ccc1C. The van der Waals surface area contributed by atoms with Crippen LogP contribution in [0.3, 0.4) is 0 Å². The first kappa shape index (κ1) is 19.4. The Labute approximate surface area is 153 Å². The van der Waals surface area contributed by atoms with Gasteiger partial charge < -0.3 is 19.3 Å². The lowest BCUT2D eigenvalue weighted by Crippen LogP contribution is -2.10. The van der Waals surface area contributed by atoms with Crippen molar-refractivity contribution in [2.24, 2.45) is 0 Å². The van der Waals surface area contributed by atoms with Gasteiger partial charge in [0.15, 0.2) is 11.5 Å². The molecule has 2 rings (SSSR count). The highest BCUT2D eigenvalue weighted by Gasteiger charge is 2.07. The van der Waals surface area contributed by atoms with Gasteiger partial charge in [-0.25, -0.2) is 4.79 Å². The van der Waals surface area contributed by atoms with Crippen molar-refractivity contribution in [1.82, 2.24) is 0 Å². The maximum atomic E-state index is 10.6. The number of benzene rings is 2. The van der Waals surface area contributed by atoms with E-state index < -0.39 is 5.97 Å². The number of carbonyl (C=O) groups is 1. The first-order chi connectivity index (χ1) is 12.5. The molecular formula is C21H24O5. The number of hydrogen-bond acceptors (Lipinski definition) is 4. The van der Waals surface area contributed by atoms with Crippen LogP contribution in [-0.2, 0) is 4.79 Å². The standard InChI is InChI=1S/C21H24O5/c1-4-24-20-14-17(8-10-21(22)23)7-9-18(20)25-11-12-26-19-13-15(2)5-6-16(19)3/h5-10,13-14H,4,11-12H2,1-3H3,(H,22,23). The average Bonchev–Trinajstić information content (AvgIpc) is 2.61. The van der Waals surface area contributed by atoms with E-state index in [1.807, 2.05) is 39.0 Å². The minimum atomic E-state index is -0.994. The summed E-state index contributed by atoms with van der Waals surface area (Å²) in [5, 5.41) is 8.72. The molecule has 0 aliphatic carbocycles. The lowest BCUT2D eigenvalue weighted by molar-refractivity contribution is -0.131. The van der Waals surface area contributed by atoms with E-state index in [9.17, 15) is 4.79 Å². The Bertz CT molecular complexity index is 780.